The maximum Gasteiger partial charge on any atom is 0.234 e. The number of hydrogen-bond donors (Lipinski definition) is 2. The highest BCUT2D eigenvalue weighted by molar-refractivity contribution is 8.00. The Morgan fingerprint density at radius 3 is 2.15 bits per heavy atom. The average Bonchev–Trinajstić information content (AvgIpc) is 2.63. The first-order valence-electron chi connectivity index (χ1n) is 8.71. The lowest BCUT2D eigenvalue weighted by atomic mass is 10.2. The number of anilines is 2. The summed E-state index contributed by atoms with van der Waals surface area (Å²) < 4.78 is 11.1. The van der Waals surface area contributed by atoms with E-state index in [-0.39, 0.29) is 17.6 Å². The van der Waals surface area contributed by atoms with Gasteiger partial charge in [-0.3, -0.25) is 9.59 Å². The van der Waals surface area contributed by atoms with Crippen molar-refractivity contribution in [2.45, 2.75) is 25.7 Å². The summed E-state index contributed by atoms with van der Waals surface area (Å²) in [5.74, 6) is 1.31. The molecule has 7 heteroatoms. The summed E-state index contributed by atoms with van der Waals surface area (Å²) in [5.41, 5.74) is 1.39. The summed E-state index contributed by atoms with van der Waals surface area (Å²) in [6.07, 6.45) is 0. The van der Waals surface area contributed by atoms with Crippen molar-refractivity contribution in [2.24, 2.45) is 0 Å². The predicted molar refractivity (Wildman–Crippen MR) is 109 cm³/mol. The third-order valence-electron chi connectivity index (χ3n) is 3.37. The monoisotopic (exact) mass is 388 g/mol. The predicted octanol–water partition coefficient (Wildman–Crippen LogP) is 4.17. The molecule has 0 aliphatic carbocycles. The summed E-state index contributed by atoms with van der Waals surface area (Å²) >= 11 is 1.42. The largest absolute Gasteiger partial charge is 0.490 e. The Morgan fingerprint density at radius 2 is 1.52 bits per heavy atom. The van der Waals surface area contributed by atoms with E-state index in [1.54, 1.807) is 18.2 Å². The van der Waals surface area contributed by atoms with E-state index in [4.69, 9.17) is 9.47 Å². The molecule has 144 valence electrons. The lowest BCUT2D eigenvalue weighted by molar-refractivity contribution is -0.114. The van der Waals surface area contributed by atoms with Crippen molar-refractivity contribution in [3.63, 3.8) is 0 Å². The molecule has 0 unspecified atom stereocenters. The van der Waals surface area contributed by atoms with Gasteiger partial charge < -0.3 is 20.1 Å². The minimum atomic E-state index is -0.114. The normalized spacial score (nSPS) is 10.2. The molecule has 27 heavy (non-hydrogen) atoms. The van der Waals surface area contributed by atoms with Gasteiger partial charge in [-0.25, -0.2) is 0 Å². The zero-order valence-electron chi connectivity index (χ0n) is 15.7. The molecule has 0 saturated heterocycles. The molecule has 0 spiro atoms. The summed E-state index contributed by atoms with van der Waals surface area (Å²) in [6.45, 7) is 6.33. The van der Waals surface area contributed by atoms with Gasteiger partial charge in [0.25, 0.3) is 0 Å². The molecule has 2 aromatic carbocycles. The van der Waals surface area contributed by atoms with E-state index in [1.165, 1.54) is 18.7 Å². The van der Waals surface area contributed by atoms with Crippen LogP contribution in [0.25, 0.3) is 0 Å². The molecule has 0 saturated carbocycles. The number of hydrogen-bond acceptors (Lipinski definition) is 5. The summed E-state index contributed by atoms with van der Waals surface area (Å²) in [4.78, 5) is 24.2. The molecule has 2 N–H and O–H groups in total. The van der Waals surface area contributed by atoms with Crippen molar-refractivity contribution in [3.05, 3.63) is 42.5 Å². The molecule has 0 aromatic heterocycles. The van der Waals surface area contributed by atoms with E-state index in [0.29, 0.717) is 30.4 Å². The molecular formula is C20H24N2O4S. The van der Waals surface area contributed by atoms with Crippen LogP contribution < -0.4 is 20.1 Å². The fraction of sp³-hybridized carbons (Fsp3) is 0.300. The second-order valence-corrected chi connectivity index (χ2v) is 6.62. The number of thioether (sulfide) groups is 1. The van der Waals surface area contributed by atoms with Crippen LogP contribution in [0.4, 0.5) is 11.4 Å². The average molecular weight is 388 g/mol. The van der Waals surface area contributed by atoms with Crippen molar-refractivity contribution in [2.75, 3.05) is 29.6 Å². The van der Waals surface area contributed by atoms with Crippen LogP contribution >= 0.6 is 11.8 Å². The van der Waals surface area contributed by atoms with Gasteiger partial charge in [-0.2, -0.15) is 0 Å². The number of carbonyl (C=O) groups is 2. The second kappa shape index (κ2) is 10.5. The number of carbonyl (C=O) groups excluding carboxylic acids is 2. The van der Waals surface area contributed by atoms with E-state index >= 15 is 0 Å². The Balaban J connectivity index is 1.91. The van der Waals surface area contributed by atoms with Gasteiger partial charge >= 0.3 is 0 Å². The van der Waals surface area contributed by atoms with E-state index < -0.39 is 0 Å². The van der Waals surface area contributed by atoms with Gasteiger partial charge in [-0.15, -0.1) is 11.8 Å². The molecule has 2 rings (SSSR count). The van der Waals surface area contributed by atoms with E-state index in [1.807, 2.05) is 38.1 Å². The van der Waals surface area contributed by atoms with Crippen molar-refractivity contribution in [3.8, 4) is 11.5 Å². The number of benzene rings is 2. The van der Waals surface area contributed by atoms with E-state index in [9.17, 15) is 9.59 Å². The third kappa shape index (κ3) is 6.86. The quantitative estimate of drug-likeness (QED) is 0.631. The SMILES string of the molecule is CCOc1ccc(NC(=O)CSc2ccc(NC(C)=O)cc2)cc1OCC. The van der Waals surface area contributed by atoms with Crippen LogP contribution in [0.3, 0.4) is 0 Å². The summed E-state index contributed by atoms with van der Waals surface area (Å²) in [5, 5.41) is 5.57. The molecule has 6 nitrogen and oxygen atoms in total. The topological polar surface area (TPSA) is 76.7 Å². The van der Waals surface area contributed by atoms with Gasteiger partial charge in [0.15, 0.2) is 11.5 Å². The lowest BCUT2D eigenvalue weighted by Crippen LogP contribution is -2.14. The van der Waals surface area contributed by atoms with Crippen LogP contribution in [0.15, 0.2) is 47.4 Å². The minimum Gasteiger partial charge on any atom is -0.490 e. The van der Waals surface area contributed by atoms with E-state index in [2.05, 4.69) is 10.6 Å². The molecule has 0 fully saturated rings. The van der Waals surface area contributed by atoms with Gasteiger partial charge in [-0.1, -0.05) is 0 Å². The Labute approximate surface area is 163 Å². The summed E-state index contributed by atoms with van der Waals surface area (Å²) in [7, 11) is 0. The zero-order chi connectivity index (χ0) is 19.6. The maximum atomic E-state index is 12.2. The van der Waals surface area contributed by atoms with Crippen LogP contribution in [-0.4, -0.2) is 30.8 Å². The van der Waals surface area contributed by atoms with Crippen molar-refractivity contribution in [1.29, 1.82) is 0 Å². The van der Waals surface area contributed by atoms with E-state index in [0.717, 1.165) is 10.6 Å². The van der Waals surface area contributed by atoms with Gasteiger partial charge in [0, 0.05) is 29.3 Å². The Kier molecular flexibility index (Phi) is 8.00. The molecule has 0 heterocycles. The van der Waals surface area contributed by atoms with Crippen LogP contribution in [0.1, 0.15) is 20.8 Å². The van der Waals surface area contributed by atoms with Crippen LogP contribution in [-0.2, 0) is 9.59 Å². The Bertz CT molecular complexity index is 778. The molecular weight excluding hydrogens is 364 g/mol. The van der Waals surface area contributed by atoms with Crippen LogP contribution in [0, 0.1) is 0 Å². The van der Waals surface area contributed by atoms with Gasteiger partial charge in [-0.05, 0) is 50.2 Å². The Morgan fingerprint density at radius 1 is 0.889 bits per heavy atom. The molecule has 0 atom stereocenters. The third-order valence-corrected chi connectivity index (χ3v) is 4.38. The first-order valence-corrected chi connectivity index (χ1v) is 9.70. The number of ether oxygens (including phenoxy) is 2. The minimum absolute atomic E-state index is 0.113. The maximum absolute atomic E-state index is 12.2. The lowest BCUT2D eigenvalue weighted by Gasteiger charge is -2.13. The smallest absolute Gasteiger partial charge is 0.234 e. The highest BCUT2D eigenvalue weighted by Gasteiger charge is 2.09. The van der Waals surface area contributed by atoms with Crippen molar-refractivity contribution >= 4 is 35.0 Å². The standard InChI is InChI=1S/C20H24N2O4S/c1-4-25-18-11-8-16(12-19(18)26-5-2)22-20(24)13-27-17-9-6-15(7-10-17)21-14(3)23/h6-12H,4-5,13H2,1-3H3,(H,21,23)(H,22,24). The fourth-order valence-electron chi connectivity index (χ4n) is 2.31. The van der Waals surface area contributed by atoms with Gasteiger partial charge in [0.1, 0.15) is 0 Å². The van der Waals surface area contributed by atoms with Crippen molar-refractivity contribution in [1.82, 2.24) is 0 Å². The zero-order valence-corrected chi connectivity index (χ0v) is 16.5. The number of nitrogens with one attached hydrogen (secondary N) is 2. The molecule has 0 radical (unpaired) electrons. The molecule has 0 aliphatic heterocycles. The van der Waals surface area contributed by atoms with Crippen LogP contribution in [0.5, 0.6) is 11.5 Å². The summed E-state index contributed by atoms with van der Waals surface area (Å²) in [6, 6.07) is 12.7. The second-order valence-electron chi connectivity index (χ2n) is 5.57. The first-order chi connectivity index (χ1) is 13.0. The number of rotatable bonds is 9. The van der Waals surface area contributed by atoms with Crippen LogP contribution in [0.2, 0.25) is 0 Å². The molecule has 2 aromatic rings. The number of amides is 2. The first kappa shape index (κ1) is 20.6. The fourth-order valence-corrected chi connectivity index (χ4v) is 3.01. The highest BCUT2D eigenvalue weighted by atomic mass is 32.2. The Hall–Kier alpha value is -2.67. The molecule has 0 bridgehead atoms. The molecule has 2 amide bonds. The molecule has 0 aliphatic rings. The highest BCUT2D eigenvalue weighted by Crippen LogP contribution is 2.31. The van der Waals surface area contributed by atoms with Gasteiger partial charge in [0.2, 0.25) is 11.8 Å². The van der Waals surface area contributed by atoms with Gasteiger partial charge in [0.05, 0.1) is 19.0 Å². The van der Waals surface area contributed by atoms with Crippen molar-refractivity contribution < 1.29 is 19.1 Å².